The van der Waals surface area contributed by atoms with Crippen LogP contribution in [0.5, 0.6) is 5.75 Å². The molecule has 0 spiro atoms. The number of nitrogens with zero attached hydrogens (tertiary/aromatic N) is 3. The molecule has 32 heavy (non-hydrogen) atoms. The second-order valence-electron chi connectivity index (χ2n) is 7.99. The quantitative estimate of drug-likeness (QED) is 0.416. The number of aromatic nitrogens is 3. The summed E-state index contributed by atoms with van der Waals surface area (Å²) in [6.07, 6.45) is 6.62. The number of halogens is 1. The molecule has 0 N–H and O–H groups in total. The van der Waals surface area contributed by atoms with Gasteiger partial charge in [0.25, 0.3) is 0 Å². The van der Waals surface area contributed by atoms with Crippen LogP contribution in [0.15, 0.2) is 73.2 Å². The topological polar surface area (TPSA) is 49.2 Å². The van der Waals surface area contributed by atoms with E-state index in [0.717, 1.165) is 54.3 Å². The highest BCUT2D eigenvalue weighted by Gasteiger charge is 2.19. The Kier molecular flexibility index (Phi) is 5.69. The fourth-order valence-corrected chi connectivity index (χ4v) is 4.27. The normalized spacial score (nSPS) is 15.8. The average Bonchev–Trinajstić information content (AvgIpc) is 3.52. The Morgan fingerprint density at radius 3 is 2.66 bits per heavy atom. The van der Waals surface area contributed by atoms with Gasteiger partial charge in [-0.15, -0.1) is 0 Å². The minimum atomic E-state index is -0.335. The second kappa shape index (κ2) is 8.93. The molecule has 0 bridgehead atoms. The van der Waals surface area contributed by atoms with E-state index >= 15 is 0 Å². The second-order valence-corrected chi connectivity index (χ2v) is 7.99. The smallest absolute Gasteiger partial charge is 0.149 e. The largest absolute Gasteiger partial charge is 0.496 e. The van der Waals surface area contributed by atoms with Crippen molar-refractivity contribution in [2.75, 3.05) is 20.3 Å². The predicted octanol–water partition coefficient (Wildman–Crippen LogP) is 5.33. The van der Waals surface area contributed by atoms with Crippen molar-refractivity contribution in [2.45, 2.75) is 12.8 Å². The van der Waals surface area contributed by atoms with Gasteiger partial charge in [0, 0.05) is 30.5 Å². The van der Waals surface area contributed by atoms with Gasteiger partial charge in [-0.3, -0.25) is 4.98 Å². The van der Waals surface area contributed by atoms with E-state index in [9.17, 15) is 4.39 Å². The van der Waals surface area contributed by atoms with E-state index in [4.69, 9.17) is 9.47 Å². The molecule has 0 radical (unpaired) electrons. The van der Waals surface area contributed by atoms with Gasteiger partial charge in [-0.05, 0) is 72.4 Å². The van der Waals surface area contributed by atoms with Crippen molar-refractivity contribution in [3.63, 3.8) is 0 Å². The van der Waals surface area contributed by atoms with Crippen molar-refractivity contribution in [3.05, 3.63) is 84.6 Å². The Bertz CT molecular complexity index is 1210. The van der Waals surface area contributed by atoms with Crippen molar-refractivity contribution < 1.29 is 13.9 Å². The first-order valence-electron chi connectivity index (χ1n) is 10.7. The van der Waals surface area contributed by atoms with Crippen LogP contribution in [-0.4, -0.2) is 35.1 Å². The summed E-state index contributed by atoms with van der Waals surface area (Å²) in [6.45, 7) is 1.63. The van der Waals surface area contributed by atoms with Crippen molar-refractivity contribution in [1.29, 1.82) is 0 Å². The monoisotopic (exact) mass is 429 g/mol. The maximum atomic E-state index is 14.1. The minimum Gasteiger partial charge on any atom is -0.496 e. The summed E-state index contributed by atoms with van der Waals surface area (Å²) >= 11 is 0. The third kappa shape index (κ3) is 4.01. The first kappa shape index (κ1) is 20.4. The van der Waals surface area contributed by atoms with Gasteiger partial charge in [0.05, 0.1) is 30.9 Å². The molecule has 1 aliphatic rings. The molecule has 6 heteroatoms. The Hall–Kier alpha value is -3.51. The fraction of sp³-hybridized carbons (Fsp3) is 0.231. The van der Waals surface area contributed by atoms with Gasteiger partial charge in [0.15, 0.2) is 0 Å². The predicted molar refractivity (Wildman–Crippen MR) is 121 cm³/mol. The van der Waals surface area contributed by atoms with Gasteiger partial charge < -0.3 is 9.47 Å². The molecule has 4 aromatic rings. The van der Waals surface area contributed by atoms with Crippen LogP contribution in [0.1, 0.15) is 12.0 Å². The van der Waals surface area contributed by atoms with Crippen molar-refractivity contribution >= 4 is 0 Å². The SMILES string of the molecule is COc1ccc(-c2ccnn2-c2ccc(-c3ccncc3F)cc2)cc1CC1CCOC1. The molecule has 2 aromatic heterocycles. The molecule has 5 nitrogen and oxygen atoms in total. The van der Waals surface area contributed by atoms with Crippen LogP contribution < -0.4 is 4.74 Å². The zero-order valence-corrected chi connectivity index (χ0v) is 17.9. The summed E-state index contributed by atoms with van der Waals surface area (Å²) in [7, 11) is 1.71. The lowest BCUT2D eigenvalue weighted by molar-refractivity contribution is 0.185. The molecule has 2 aromatic carbocycles. The summed E-state index contributed by atoms with van der Waals surface area (Å²) < 4.78 is 27.1. The van der Waals surface area contributed by atoms with Crippen LogP contribution in [0, 0.1) is 11.7 Å². The molecule has 1 unspecified atom stereocenters. The molecule has 0 saturated carbocycles. The van der Waals surface area contributed by atoms with Gasteiger partial charge in [-0.1, -0.05) is 12.1 Å². The standard InChI is InChI=1S/C26H24FN3O2/c1-31-26-7-4-20(15-21(26)14-18-10-13-32-17-18)25-9-12-29-30(25)22-5-2-19(3-6-22)23-8-11-28-16-24(23)27/h2-9,11-12,15-16,18H,10,13-14,17H2,1H3. The molecule has 162 valence electrons. The Balaban J connectivity index is 1.46. The summed E-state index contributed by atoms with van der Waals surface area (Å²) in [4.78, 5) is 3.82. The Morgan fingerprint density at radius 2 is 1.91 bits per heavy atom. The highest BCUT2D eigenvalue weighted by Crippen LogP contribution is 2.31. The van der Waals surface area contributed by atoms with Crippen LogP contribution >= 0.6 is 0 Å². The third-order valence-corrected chi connectivity index (χ3v) is 5.95. The Morgan fingerprint density at radius 1 is 1.06 bits per heavy atom. The molecule has 0 amide bonds. The highest BCUT2D eigenvalue weighted by atomic mass is 19.1. The minimum absolute atomic E-state index is 0.335. The molecule has 1 atom stereocenters. The zero-order valence-electron chi connectivity index (χ0n) is 17.9. The maximum absolute atomic E-state index is 14.1. The molecule has 0 aliphatic carbocycles. The van der Waals surface area contributed by atoms with Crippen molar-refractivity contribution in [1.82, 2.24) is 14.8 Å². The van der Waals surface area contributed by atoms with E-state index in [-0.39, 0.29) is 5.82 Å². The first-order chi connectivity index (χ1) is 15.7. The summed E-state index contributed by atoms with van der Waals surface area (Å²) in [5.74, 6) is 1.08. The van der Waals surface area contributed by atoms with Crippen LogP contribution in [-0.2, 0) is 11.2 Å². The molecular formula is C26H24FN3O2. The van der Waals surface area contributed by atoms with E-state index in [1.54, 1.807) is 25.6 Å². The number of benzene rings is 2. The zero-order chi connectivity index (χ0) is 21.9. The number of hydrogen-bond donors (Lipinski definition) is 0. The lowest BCUT2D eigenvalue weighted by Crippen LogP contribution is -2.06. The number of pyridine rings is 1. The first-order valence-corrected chi connectivity index (χ1v) is 10.7. The third-order valence-electron chi connectivity index (χ3n) is 5.95. The number of ether oxygens (including phenoxy) is 2. The van der Waals surface area contributed by atoms with Crippen LogP contribution in [0.2, 0.25) is 0 Å². The van der Waals surface area contributed by atoms with Gasteiger partial charge in [-0.2, -0.15) is 5.10 Å². The van der Waals surface area contributed by atoms with Gasteiger partial charge in [-0.25, -0.2) is 9.07 Å². The summed E-state index contributed by atoms with van der Waals surface area (Å²) in [5.41, 5.74) is 5.47. The molecule has 1 saturated heterocycles. The van der Waals surface area contributed by atoms with Crippen LogP contribution in [0.4, 0.5) is 4.39 Å². The van der Waals surface area contributed by atoms with Crippen LogP contribution in [0.3, 0.4) is 0 Å². The van der Waals surface area contributed by atoms with Gasteiger partial charge in [0.1, 0.15) is 11.6 Å². The fourth-order valence-electron chi connectivity index (χ4n) is 4.27. The number of methoxy groups -OCH3 is 1. The van der Waals surface area contributed by atoms with Crippen LogP contribution in [0.25, 0.3) is 28.1 Å². The highest BCUT2D eigenvalue weighted by molar-refractivity contribution is 5.67. The molecule has 1 fully saturated rings. The van der Waals surface area contributed by atoms with E-state index in [2.05, 4.69) is 22.2 Å². The number of hydrogen-bond acceptors (Lipinski definition) is 4. The average molecular weight is 429 g/mol. The summed E-state index contributed by atoms with van der Waals surface area (Å²) in [5, 5.41) is 4.54. The molecule has 1 aliphatic heterocycles. The molecule has 3 heterocycles. The van der Waals surface area contributed by atoms with E-state index in [1.807, 2.05) is 41.1 Å². The Labute approximate surface area is 186 Å². The van der Waals surface area contributed by atoms with E-state index in [1.165, 1.54) is 11.8 Å². The van der Waals surface area contributed by atoms with E-state index < -0.39 is 0 Å². The van der Waals surface area contributed by atoms with Crippen molar-refractivity contribution in [3.8, 4) is 33.8 Å². The molecular weight excluding hydrogens is 405 g/mol. The number of rotatable bonds is 6. The maximum Gasteiger partial charge on any atom is 0.149 e. The van der Waals surface area contributed by atoms with Gasteiger partial charge >= 0.3 is 0 Å². The lowest BCUT2D eigenvalue weighted by atomic mass is 9.96. The van der Waals surface area contributed by atoms with Crippen molar-refractivity contribution in [2.24, 2.45) is 5.92 Å². The van der Waals surface area contributed by atoms with E-state index in [0.29, 0.717) is 11.5 Å². The lowest BCUT2D eigenvalue weighted by Gasteiger charge is -2.15. The molecule has 5 rings (SSSR count). The van der Waals surface area contributed by atoms with Gasteiger partial charge in [0.2, 0.25) is 0 Å². The summed E-state index contributed by atoms with van der Waals surface area (Å²) in [6, 6.07) is 17.6.